The maximum Gasteiger partial charge on any atom is 0.199 e. The topological polar surface area (TPSA) is 69.6 Å². The molecule has 0 aliphatic rings. The molecule has 0 fully saturated rings. The second-order valence-electron chi connectivity index (χ2n) is 5.16. The summed E-state index contributed by atoms with van der Waals surface area (Å²) in [7, 11) is 0. The van der Waals surface area contributed by atoms with E-state index < -0.39 is 0 Å². The van der Waals surface area contributed by atoms with Crippen molar-refractivity contribution in [3.63, 3.8) is 0 Å². The molecule has 25 heavy (non-hydrogen) atoms. The first-order chi connectivity index (χ1) is 12.2. The van der Waals surface area contributed by atoms with Gasteiger partial charge in [-0.2, -0.15) is 4.37 Å². The van der Waals surface area contributed by atoms with E-state index in [0.29, 0.717) is 28.9 Å². The van der Waals surface area contributed by atoms with Crippen LogP contribution in [0.5, 0.6) is 0 Å². The zero-order valence-corrected chi connectivity index (χ0v) is 14.7. The first-order valence-corrected chi connectivity index (χ1v) is 8.98. The molecule has 126 valence electrons. The molecule has 3 aromatic heterocycles. The molecule has 0 unspecified atom stereocenters. The quantitative estimate of drug-likeness (QED) is 0.526. The highest BCUT2D eigenvalue weighted by atomic mass is 32.2. The fourth-order valence-electron chi connectivity index (χ4n) is 2.30. The molecule has 0 radical (unpaired) electrons. The lowest BCUT2D eigenvalue weighted by atomic mass is 10.2. The van der Waals surface area contributed by atoms with E-state index in [1.807, 2.05) is 23.6 Å². The van der Waals surface area contributed by atoms with E-state index in [1.165, 1.54) is 29.4 Å². The van der Waals surface area contributed by atoms with Crippen LogP contribution in [-0.4, -0.2) is 24.1 Å². The molecule has 4 rings (SSSR count). The van der Waals surface area contributed by atoms with E-state index in [4.69, 9.17) is 4.42 Å². The average Bonchev–Trinajstić information content (AvgIpc) is 3.33. The average molecular weight is 373 g/mol. The smallest absolute Gasteiger partial charge is 0.199 e. The highest BCUT2D eigenvalue weighted by molar-refractivity contribution is 8.00. The van der Waals surface area contributed by atoms with E-state index in [0.717, 1.165) is 10.1 Å². The van der Waals surface area contributed by atoms with Gasteiger partial charge in [0.1, 0.15) is 17.4 Å². The number of halogens is 1. The van der Waals surface area contributed by atoms with Crippen LogP contribution >= 0.6 is 23.3 Å². The number of benzene rings is 1. The van der Waals surface area contributed by atoms with Crippen LogP contribution in [0.2, 0.25) is 0 Å². The molecular formula is C16H12FN5OS2. The summed E-state index contributed by atoms with van der Waals surface area (Å²) in [6.45, 7) is 2.22. The van der Waals surface area contributed by atoms with Gasteiger partial charge in [0.05, 0.1) is 18.4 Å². The maximum atomic E-state index is 14.2. The monoisotopic (exact) mass is 373 g/mol. The van der Waals surface area contributed by atoms with Crippen molar-refractivity contribution < 1.29 is 8.81 Å². The number of aromatic nitrogens is 5. The third-order valence-corrected chi connectivity index (χ3v) is 5.24. The zero-order valence-electron chi connectivity index (χ0n) is 13.1. The summed E-state index contributed by atoms with van der Waals surface area (Å²) in [5, 5.41) is 9.03. The number of rotatable bonds is 5. The SMILES string of the molecule is Cc1nsc(Sc2nnc(-c3ccccc3F)n2Cc2ccco2)n1. The van der Waals surface area contributed by atoms with E-state index in [1.54, 1.807) is 24.5 Å². The lowest BCUT2D eigenvalue weighted by molar-refractivity contribution is 0.485. The lowest BCUT2D eigenvalue weighted by Crippen LogP contribution is -2.04. The summed E-state index contributed by atoms with van der Waals surface area (Å²) < 4.78 is 26.4. The fourth-order valence-corrected chi connectivity index (χ4v) is 3.89. The molecule has 0 aliphatic heterocycles. The standard InChI is InChI=1S/C16H12FN5OS2/c1-10-18-16(25-21-10)24-15-20-19-14(12-6-2-3-7-13(12)17)22(15)9-11-5-4-8-23-11/h2-8H,9H2,1H3. The third kappa shape index (κ3) is 3.33. The van der Waals surface area contributed by atoms with Crippen molar-refractivity contribution >= 4 is 23.3 Å². The Balaban J connectivity index is 1.77. The first-order valence-electron chi connectivity index (χ1n) is 7.39. The molecule has 4 aromatic rings. The van der Waals surface area contributed by atoms with Crippen LogP contribution in [-0.2, 0) is 6.54 Å². The van der Waals surface area contributed by atoms with Crippen LogP contribution in [0.1, 0.15) is 11.6 Å². The Morgan fingerprint density at radius 1 is 1.20 bits per heavy atom. The van der Waals surface area contributed by atoms with Gasteiger partial charge in [0.15, 0.2) is 15.3 Å². The minimum Gasteiger partial charge on any atom is -0.467 e. The summed E-state index contributed by atoms with van der Waals surface area (Å²) in [4.78, 5) is 4.34. The number of furan rings is 1. The second kappa shape index (κ2) is 6.77. The second-order valence-corrected chi connectivity index (χ2v) is 7.13. The Bertz CT molecular complexity index is 996. The third-order valence-electron chi connectivity index (χ3n) is 3.41. The molecule has 1 aromatic carbocycles. The summed E-state index contributed by atoms with van der Waals surface area (Å²) >= 11 is 2.64. The Morgan fingerprint density at radius 2 is 2.08 bits per heavy atom. The van der Waals surface area contributed by atoms with Crippen LogP contribution in [0.15, 0.2) is 56.6 Å². The normalized spacial score (nSPS) is 11.1. The molecule has 0 saturated heterocycles. The van der Waals surface area contributed by atoms with Gasteiger partial charge < -0.3 is 4.42 Å². The number of nitrogens with zero attached hydrogens (tertiary/aromatic N) is 5. The van der Waals surface area contributed by atoms with Crippen LogP contribution in [0, 0.1) is 12.7 Å². The molecule has 0 bridgehead atoms. The Hall–Kier alpha value is -2.52. The predicted octanol–water partition coefficient (Wildman–Crippen LogP) is 4.04. The van der Waals surface area contributed by atoms with Gasteiger partial charge in [-0.1, -0.05) is 12.1 Å². The summed E-state index contributed by atoms with van der Waals surface area (Å²) in [6.07, 6.45) is 1.60. The van der Waals surface area contributed by atoms with Gasteiger partial charge in [0, 0.05) is 0 Å². The van der Waals surface area contributed by atoms with Gasteiger partial charge in [-0.05, 0) is 54.5 Å². The molecule has 0 atom stereocenters. The molecule has 6 nitrogen and oxygen atoms in total. The zero-order chi connectivity index (χ0) is 17.2. The van der Waals surface area contributed by atoms with E-state index in [-0.39, 0.29) is 5.82 Å². The predicted molar refractivity (Wildman–Crippen MR) is 92.0 cm³/mol. The molecule has 0 saturated carbocycles. The molecule has 3 heterocycles. The number of hydrogen-bond acceptors (Lipinski definition) is 7. The molecule has 0 amide bonds. The number of hydrogen-bond donors (Lipinski definition) is 0. The van der Waals surface area contributed by atoms with Gasteiger partial charge >= 0.3 is 0 Å². The Morgan fingerprint density at radius 3 is 2.80 bits per heavy atom. The van der Waals surface area contributed by atoms with E-state index >= 15 is 0 Å². The minimum absolute atomic E-state index is 0.348. The van der Waals surface area contributed by atoms with Gasteiger partial charge in [0.2, 0.25) is 0 Å². The summed E-state index contributed by atoms with van der Waals surface area (Å²) in [5.41, 5.74) is 0.391. The fraction of sp³-hybridized carbons (Fsp3) is 0.125. The Kier molecular flexibility index (Phi) is 4.33. The van der Waals surface area contributed by atoms with Crippen LogP contribution in [0.25, 0.3) is 11.4 Å². The van der Waals surface area contributed by atoms with Crippen molar-refractivity contribution in [2.45, 2.75) is 23.0 Å². The van der Waals surface area contributed by atoms with Crippen molar-refractivity contribution in [2.75, 3.05) is 0 Å². The van der Waals surface area contributed by atoms with Gasteiger partial charge in [-0.3, -0.25) is 4.57 Å². The number of aryl methyl sites for hydroxylation is 1. The van der Waals surface area contributed by atoms with Crippen molar-refractivity contribution in [1.82, 2.24) is 24.1 Å². The highest BCUT2D eigenvalue weighted by Crippen LogP contribution is 2.32. The van der Waals surface area contributed by atoms with Crippen LogP contribution in [0.3, 0.4) is 0 Å². The van der Waals surface area contributed by atoms with Gasteiger partial charge in [-0.15, -0.1) is 10.2 Å². The maximum absolute atomic E-state index is 14.2. The molecular weight excluding hydrogens is 361 g/mol. The van der Waals surface area contributed by atoms with Crippen molar-refractivity contribution in [3.05, 3.63) is 60.1 Å². The van der Waals surface area contributed by atoms with Crippen LogP contribution in [0.4, 0.5) is 4.39 Å². The minimum atomic E-state index is -0.348. The molecule has 0 N–H and O–H groups in total. The van der Waals surface area contributed by atoms with Crippen LogP contribution < -0.4 is 0 Å². The first kappa shape index (κ1) is 16.0. The van der Waals surface area contributed by atoms with E-state index in [9.17, 15) is 4.39 Å². The van der Waals surface area contributed by atoms with Crippen molar-refractivity contribution in [1.29, 1.82) is 0 Å². The molecule has 0 spiro atoms. The molecule has 9 heteroatoms. The van der Waals surface area contributed by atoms with Crippen molar-refractivity contribution in [2.24, 2.45) is 0 Å². The van der Waals surface area contributed by atoms with Gasteiger partial charge in [-0.25, -0.2) is 9.37 Å². The lowest BCUT2D eigenvalue weighted by Gasteiger charge is -2.08. The largest absolute Gasteiger partial charge is 0.467 e. The van der Waals surface area contributed by atoms with Gasteiger partial charge in [0.25, 0.3) is 0 Å². The molecule has 0 aliphatic carbocycles. The highest BCUT2D eigenvalue weighted by Gasteiger charge is 2.19. The Labute approximate surface area is 150 Å². The summed E-state index contributed by atoms with van der Waals surface area (Å²) in [6, 6.07) is 10.2. The van der Waals surface area contributed by atoms with Crippen molar-refractivity contribution in [3.8, 4) is 11.4 Å². The summed E-state index contributed by atoms with van der Waals surface area (Å²) in [5.74, 6) is 1.53. The van der Waals surface area contributed by atoms with E-state index in [2.05, 4.69) is 19.6 Å².